The highest BCUT2D eigenvalue weighted by Crippen LogP contribution is 2.17. The zero-order chi connectivity index (χ0) is 12.8. The highest BCUT2D eigenvalue weighted by atomic mass is 35.5. The molecule has 1 aromatic carbocycles. The summed E-state index contributed by atoms with van der Waals surface area (Å²) in [5, 5.41) is 3.63. The molecule has 4 heteroatoms. The summed E-state index contributed by atoms with van der Waals surface area (Å²) in [6.07, 6.45) is 3.29. The molecule has 1 saturated heterocycles. The van der Waals surface area contributed by atoms with Crippen molar-refractivity contribution < 1.29 is 4.39 Å². The number of benzene rings is 1. The van der Waals surface area contributed by atoms with Crippen LogP contribution in [-0.2, 0) is 6.42 Å². The summed E-state index contributed by atoms with van der Waals surface area (Å²) in [4.78, 5) is 2.49. The van der Waals surface area contributed by atoms with Crippen LogP contribution < -0.4 is 5.32 Å². The molecule has 1 aliphatic rings. The third-order valence-corrected chi connectivity index (χ3v) is 3.65. The Labute approximate surface area is 113 Å². The van der Waals surface area contributed by atoms with E-state index in [1.807, 2.05) is 6.07 Å². The van der Waals surface area contributed by atoms with Crippen molar-refractivity contribution in [3.8, 4) is 0 Å². The molecule has 0 saturated carbocycles. The normalized spacial score (nSPS) is 17.7. The van der Waals surface area contributed by atoms with Crippen molar-refractivity contribution in [2.24, 2.45) is 0 Å². The van der Waals surface area contributed by atoms with Gasteiger partial charge in [0.2, 0.25) is 0 Å². The number of rotatable bonds is 4. The molecule has 1 heterocycles. The van der Waals surface area contributed by atoms with Crippen LogP contribution in [0.5, 0.6) is 0 Å². The fraction of sp³-hybridized carbons (Fsp3) is 0.571. The maximum absolute atomic E-state index is 13.0. The van der Waals surface area contributed by atoms with Crippen LogP contribution in [0.25, 0.3) is 0 Å². The van der Waals surface area contributed by atoms with Gasteiger partial charge in [0.1, 0.15) is 5.82 Å². The molecule has 1 fully saturated rings. The van der Waals surface area contributed by atoms with Gasteiger partial charge in [0, 0.05) is 13.1 Å². The number of aryl methyl sites for hydroxylation is 1. The fourth-order valence-corrected chi connectivity index (χ4v) is 2.53. The maximum Gasteiger partial charge on any atom is 0.141 e. The third-order valence-electron chi connectivity index (χ3n) is 3.36. The van der Waals surface area contributed by atoms with Crippen LogP contribution in [0.2, 0.25) is 5.02 Å². The van der Waals surface area contributed by atoms with Crippen LogP contribution >= 0.6 is 11.6 Å². The summed E-state index contributed by atoms with van der Waals surface area (Å²) in [5.41, 5.74) is 1.12. The van der Waals surface area contributed by atoms with Crippen LogP contribution in [-0.4, -0.2) is 37.6 Å². The molecule has 1 aromatic rings. The van der Waals surface area contributed by atoms with E-state index in [4.69, 9.17) is 11.6 Å². The average molecular weight is 271 g/mol. The highest BCUT2D eigenvalue weighted by Gasteiger charge is 2.08. The number of halogens is 2. The lowest BCUT2D eigenvalue weighted by Gasteiger charge is -2.19. The Morgan fingerprint density at radius 1 is 1.28 bits per heavy atom. The number of nitrogens with zero attached hydrogens (tertiary/aromatic N) is 1. The Bertz CT molecular complexity index is 376. The Kier molecular flexibility index (Phi) is 5.42. The van der Waals surface area contributed by atoms with Gasteiger partial charge < -0.3 is 10.2 Å². The smallest absolute Gasteiger partial charge is 0.141 e. The quantitative estimate of drug-likeness (QED) is 0.905. The minimum absolute atomic E-state index is 0.228. The van der Waals surface area contributed by atoms with Gasteiger partial charge in [0.05, 0.1) is 5.02 Å². The SMILES string of the molecule is Fc1ccc(CCCN2CCCNCC2)cc1Cl. The molecule has 2 nitrogen and oxygen atoms in total. The van der Waals surface area contributed by atoms with Crippen molar-refractivity contribution in [2.75, 3.05) is 32.7 Å². The van der Waals surface area contributed by atoms with Crippen molar-refractivity contribution in [1.29, 1.82) is 0 Å². The molecule has 0 aliphatic carbocycles. The third kappa shape index (κ3) is 4.23. The number of hydrogen-bond acceptors (Lipinski definition) is 2. The Balaban J connectivity index is 1.75. The van der Waals surface area contributed by atoms with E-state index < -0.39 is 0 Å². The molecule has 1 N–H and O–H groups in total. The standard InChI is InChI=1S/C14H20ClFN2/c15-13-11-12(4-5-14(13)16)3-1-8-18-9-2-6-17-7-10-18/h4-5,11,17H,1-3,6-10H2. The van der Waals surface area contributed by atoms with Gasteiger partial charge >= 0.3 is 0 Å². The largest absolute Gasteiger partial charge is 0.315 e. The maximum atomic E-state index is 13.0. The summed E-state index contributed by atoms with van der Waals surface area (Å²) in [7, 11) is 0. The second-order valence-corrected chi connectivity index (χ2v) is 5.20. The van der Waals surface area contributed by atoms with Crippen molar-refractivity contribution in [3.63, 3.8) is 0 Å². The monoisotopic (exact) mass is 270 g/mol. The van der Waals surface area contributed by atoms with Crippen LogP contribution in [0, 0.1) is 5.82 Å². The van der Waals surface area contributed by atoms with Gasteiger partial charge in [-0.15, -0.1) is 0 Å². The molecule has 0 amide bonds. The Morgan fingerprint density at radius 3 is 3.00 bits per heavy atom. The van der Waals surface area contributed by atoms with Crippen molar-refractivity contribution in [2.45, 2.75) is 19.3 Å². The number of hydrogen-bond donors (Lipinski definition) is 1. The lowest BCUT2D eigenvalue weighted by atomic mass is 10.1. The van der Waals surface area contributed by atoms with E-state index in [-0.39, 0.29) is 10.8 Å². The molecule has 0 spiro atoms. The number of nitrogens with one attached hydrogen (secondary N) is 1. The predicted octanol–water partition coefficient (Wildman–Crippen LogP) is 2.71. The zero-order valence-corrected chi connectivity index (χ0v) is 11.3. The van der Waals surface area contributed by atoms with E-state index in [0.29, 0.717) is 0 Å². The molecule has 1 aliphatic heterocycles. The van der Waals surface area contributed by atoms with Crippen LogP contribution in [0.1, 0.15) is 18.4 Å². The summed E-state index contributed by atoms with van der Waals surface area (Å²) >= 11 is 5.77. The first-order valence-electron chi connectivity index (χ1n) is 6.63. The van der Waals surface area contributed by atoms with Gasteiger partial charge in [-0.2, -0.15) is 0 Å². The Morgan fingerprint density at radius 2 is 2.17 bits per heavy atom. The van der Waals surface area contributed by atoms with Crippen molar-refractivity contribution in [3.05, 3.63) is 34.6 Å². The molecule has 0 aromatic heterocycles. The molecular formula is C14H20ClFN2. The van der Waals surface area contributed by atoms with E-state index in [1.54, 1.807) is 6.07 Å². The van der Waals surface area contributed by atoms with Gasteiger partial charge in [-0.25, -0.2) is 4.39 Å². The first-order chi connectivity index (χ1) is 8.75. The van der Waals surface area contributed by atoms with E-state index >= 15 is 0 Å². The molecule has 2 rings (SSSR count). The second kappa shape index (κ2) is 7.07. The minimum atomic E-state index is -0.334. The van der Waals surface area contributed by atoms with E-state index in [1.165, 1.54) is 19.0 Å². The average Bonchev–Trinajstić information content (AvgIpc) is 2.62. The molecule has 18 heavy (non-hydrogen) atoms. The van der Waals surface area contributed by atoms with Gasteiger partial charge in [0.25, 0.3) is 0 Å². The first-order valence-corrected chi connectivity index (χ1v) is 7.00. The van der Waals surface area contributed by atoms with Gasteiger partial charge in [-0.1, -0.05) is 17.7 Å². The summed E-state index contributed by atoms with van der Waals surface area (Å²) < 4.78 is 13.0. The molecular weight excluding hydrogens is 251 g/mol. The molecule has 0 radical (unpaired) electrons. The van der Waals surface area contributed by atoms with Gasteiger partial charge in [-0.3, -0.25) is 0 Å². The lowest BCUT2D eigenvalue weighted by Crippen LogP contribution is -2.29. The topological polar surface area (TPSA) is 15.3 Å². The summed E-state index contributed by atoms with van der Waals surface area (Å²) in [6.45, 7) is 5.63. The lowest BCUT2D eigenvalue weighted by molar-refractivity contribution is 0.289. The van der Waals surface area contributed by atoms with Gasteiger partial charge in [0.15, 0.2) is 0 Å². The van der Waals surface area contributed by atoms with Gasteiger partial charge in [-0.05, 0) is 56.6 Å². The highest BCUT2D eigenvalue weighted by molar-refractivity contribution is 6.30. The van der Waals surface area contributed by atoms with E-state index in [2.05, 4.69) is 10.2 Å². The van der Waals surface area contributed by atoms with Crippen molar-refractivity contribution in [1.82, 2.24) is 10.2 Å². The second-order valence-electron chi connectivity index (χ2n) is 4.80. The zero-order valence-electron chi connectivity index (χ0n) is 10.6. The summed E-state index contributed by atoms with van der Waals surface area (Å²) in [5.74, 6) is -0.334. The molecule has 0 atom stereocenters. The predicted molar refractivity (Wildman–Crippen MR) is 73.7 cm³/mol. The van der Waals surface area contributed by atoms with Crippen molar-refractivity contribution >= 4 is 11.6 Å². The minimum Gasteiger partial charge on any atom is -0.315 e. The first kappa shape index (κ1) is 13.8. The van der Waals surface area contributed by atoms with Crippen LogP contribution in [0.4, 0.5) is 4.39 Å². The van der Waals surface area contributed by atoms with Crippen LogP contribution in [0.15, 0.2) is 18.2 Å². The van der Waals surface area contributed by atoms with E-state index in [9.17, 15) is 4.39 Å². The summed E-state index contributed by atoms with van der Waals surface area (Å²) in [6, 6.07) is 5.01. The molecule has 100 valence electrons. The fourth-order valence-electron chi connectivity index (χ4n) is 2.33. The van der Waals surface area contributed by atoms with Crippen LogP contribution in [0.3, 0.4) is 0 Å². The Hall–Kier alpha value is -0.640. The molecule has 0 unspecified atom stereocenters. The van der Waals surface area contributed by atoms with E-state index in [0.717, 1.165) is 44.6 Å². The molecule has 0 bridgehead atoms.